The van der Waals surface area contributed by atoms with E-state index in [0.717, 1.165) is 5.56 Å². The predicted octanol–water partition coefficient (Wildman–Crippen LogP) is 1.11. The molecule has 130 valence electrons. The van der Waals surface area contributed by atoms with E-state index in [4.69, 9.17) is 9.47 Å². The number of aliphatic hydroxyl groups is 1. The minimum Gasteiger partial charge on any atom is -0.467 e. The van der Waals surface area contributed by atoms with E-state index in [1.54, 1.807) is 6.92 Å². The highest BCUT2D eigenvalue weighted by molar-refractivity contribution is 5.95. The minimum absolute atomic E-state index is 0.280. The van der Waals surface area contributed by atoms with Gasteiger partial charge in [0.25, 0.3) is 5.91 Å². The summed E-state index contributed by atoms with van der Waals surface area (Å²) in [5.41, 5.74) is -1.14. The lowest BCUT2D eigenvalue weighted by molar-refractivity contribution is -0.184. The number of methoxy groups -OCH3 is 1. The van der Waals surface area contributed by atoms with Crippen molar-refractivity contribution in [1.29, 1.82) is 0 Å². The van der Waals surface area contributed by atoms with E-state index >= 15 is 0 Å². The van der Waals surface area contributed by atoms with Crippen LogP contribution in [0.2, 0.25) is 0 Å². The second-order valence-electron chi connectivity index (χ2n) is 7.20. The Kier molecular flexibility index (Phi) is 3.92. The van der Waals surface area contributed by atoms with Crippen LogP contribution in [0, 0.1) is 5.41 Å². The number of carbonyl (C=O) groups excluding carboxylic acids is 2. The van der Waals surface area contributed by atoms with Crippen molar-refractivity contribution >= 4 is 11.9 Å². The number of rotatable bonds is 4. The first-order valence-corrected chi connectivity index (χ1v) is 8.01. The van der Waals surface area contributed by atoms with Gasteiger partial charge in [0.2, 0.25) is 0 Å². The highest BCUT2D eigenvalue weighted by Crippen LogP contribution is 2.54. The molecule has 0 saturated carbocycles. The molecule has 0 bridgehead atoms. The molecule has 6 heteroatoms. The molecule has 0 unspecified atom stereocenters. The highest BCUT2D eigenvalue weighted by atomic mass is 16.5. The topological polar surface area (TPSA) is 76.1 Å². The number of hydrogen-bond acceptors (Lipinski definition) is 5. The average molecular weight is 333 g/mol. The second kappa shape index (κ2) is 5.57. The van der Waals surface area contributed by atoms with Crippen LogP contribution in [0.15, 0.2) is 30.3 Å². The number of amides is 1. The molecule has 0 spiro atoms. The smallest absolute Gasteiger partial charge is 0.331 e. The number of carbonyl (C=O) groups is 2. The lowest BCUT2D eigenvalue weighted by Gasteiger charge is -2.47. The van der Waals surface area contributed by atoms with Crippen LogP contribution in [0.4, 0.5) is 0 Å². The lowest BCUT2D eigenvalue weighted by Crippen LogP contribution is -2.68. The molecule has 1 aromatic rings. The first kappa shape index (κ1) is 16.9. The van der Waals surface area contributed by atoms with Crippen molar-refractivity contribution in [3.8, 4) is 0 Å². The molecule has 2 aliphatic heterocycles. The Hall–Kier alpha value is -1.92. The normalized spacial score (nSPS) is 33.8. The fraction of sp³-hybridized carbons (Fsp3) is 0.556. The Morgan fingerprint density at radius 2 is 1.88 bits per heavy atom. The van der Waals surface area contributed by atoms with Crippen LogP contribution < -0.4 is 0 Å². The van der Waals surface area contributed by atoms with Crippen LogP contribution in [0.3, 0.4) is 0 Å². The standard InChI is InChI=1S/C18H23NO5/c1-17(2)13-12(24-10-11-8-6-5-7-9-11)15(20)19(13)14(16(21)23-4)18(17,3)22/h5-9,12-14,22H,10H2,1-4H3/t12-,13+,14+,18-/m0/s1. The summed E-state index contributed by atoms with van der Waals surface area (Å²) in [5.74, 6) is -0.886. The summed E-state index contributed by atoms with van der Waals surface area (Å²) in [6.07, 6.45) is -0.665. The van der Waals surface area contributed by atoms with E-state index in [-0.39, 0.29) is 11.9 Å². The number of β-lactam (4-membered cyclic amide) rings is 1. The second-order valence-corrected chi connectivity index (χ2v) is 7.20. The number of fused-ring (bicyclic) bond motifs is 1. The molecule has 1 amide bonds. The van der Waals surface area contributed by atoms with Crippen molar-refractivity contribution in [3.05, 3.63) is 35.9 Å². The van der Waals surface area contributed by atoms with Gasteiger partial charge >= 0.3 is 5.97 Å². The van der Waals surface area contributed by atoms with Crippen molar-refractivity contribution < 1.29 is 24.2 Å². The van der Waals surface area contributed by atoms with Crippen molar-refractivity contribution in [2.24, 2.45) is 5.41 Å². The maximum atomic E-state index is 12.6. The molecule has 1 N–H and O–H groups in total. The van der Waals surface area contributed by atoms with Gasteiger partial charge in [-0.05, 0) is 12.5 Å². The van der Waals surface area contributed by atoms with Crippen LogP contribution in [0.1, 0.15) is 26.3 Å². The Labute approximate surface area is 141 Å². The van der Waals surface area contributed by atoms with Crippen LogP contribution in [-0.2, 0) is 25.7 Å². The van der Waals surface area contributed by atoms with E-state index in [2.05, 4.69) is 0 Å². The molecule has 0 aromatic heterocycles. The lowest BCUT2D eigenvalue weighted by atomic mass is 9.69. The van der Waals surface area contributed by atoms with Gasteiger partial charge in [-0.2, -0.15) is 0 Å². The molecule has 2 aliphatic rings. The molecule has 1 aromatic carbocycles. The van der Waals surface area contributed by atoms with Gasteiger partial charge < -0.3 is 19.5 Å². The van der Waals surface area contributed by atoms with Crippen molar-refractivity contribution in [3.63, 3.8) is 0 Å². The number of hydrogen-bond donors (Lipinski definition) is 1. The summed E-state index contributed by atoms with van der Waals surface area (Å²) in [7, 11) is 1.26. The maximum Gasteiger partial charge on any atom is 0.331 e. The monoisotopic (exact) mass is 333 g/mol. The van der Waals surface area contributed by atoms with Gasteiger partial charge in [0.05, 0.1) is 19.8 Å². The summed E-state index contributed by atoms with van der Waals surface area (Å²) in [6.45, 7) is 5.58. The maximum absolute atomic E-state index is 12.6. The quantitative estimate of drug-likeness (QED) is 0.660. The predicted molar refractivity (Wildman–Crippen MR) is 85.9 cm³/mol. The molecule has 0 radical (unpaired) electrons. The summed E-state index contributed by atoms with van der Waals surface area (Å²) in [4.78, 5) is 26.1. The number of ether oxygens (including phenoxy) is 2. The zero-order valence-electron chi connectivity index (χ0n) is 14.4. The Morgan fingerprint density at radius 1 is 1.25 bits per heavy atom. The molecule has 2 saturated heterocycles. The molecular weight excluding hydrogens is 310 g/mol. The third-order valence-corrected chi connectivity index (χ3v) is 5.64. The summed E-state index contributed by atoms with van der Waals surface area (Å²) in [6, 6.07) is 8.20. The van der Waals surface area contributed by atoms with Gasteiger partial charge in [0.15, 0.2) is 12.1 Å². The largest absolute Gasteiger partial charge is 0.467 e. The summed E-state index contributed by atoms with van der Waals surface area (Å²) < 4.78 is 10.6. The Balaban J connectivity index is 1.82. The molecule has 0 aliphatic carbocycles. The van der Waals surface area contributed by atoms with Crippen LogP contribution in [0.5, 0.6) is 0 Å². The van der Waals surface area contributed by atoms with E-state index in [9.17, 15) is 14.7 Å². The zero-order chi connectivity index (χ0) is 17.7. The number of benzene rings is 1. The molecular formula is C18H23NO5. The number of esters is 1. The van der Waals surface area contributed by atoms with E-state index in [0.29, 0.717) is 6.61 Å². The molecule has 2 heterocycles. The molecule has 2 fully saturated rings. The van der Waals surface area contributed by atoms with Crippen molar-refractivity contribution in [1.82, 2.24) is 4.90 Å². The summed E-state index contributed by atoms with van der Waals surface area (Å²) in [5, 5.41) is 10.9. The van der Waals surface area contributed by atoms with Gasteiger partial charge in [-0.25, -0.2) is 4.79 Å². The van der Waals surface area contributed by atoms with Crippen molar-refractivity contribution in [2.45, 2.75) is 51.2 Å². The van der Waals surface area contributed by atoms with Gasteiger partial charge in [-0.1, -0.05) is 44.2 Å². The van der Waals surface area contributed by atoms with Gasteiger partial charge in [0.1, 0.15) is 5.60 Å². The zero-order valence-corrected chi connectivity index (χ0v) is 14.4. The van der Waals surface area contributed by atoms with Gasteiger partial charge in [-0.3, -0.25) is 4.79 Å². The first-order valence-electron chi connectivity index (χ1n) is 8.01. The molecule has 6 nitrogen and oxygen atoms in total. The van der Waals surface area contributed by atoms with E-state index in [1.807, 2.05) is 44.2 Å². The molecule has 3 rings (SSSR count). The third kappa shape index (κ3) is 2.17. The summed E-state index contributed by atoms with van der Waals surface area (Å²) >= 11 is 0. The fourth-order valence-corrected chi connectivity index (χ4v) is 3.80. The van der Waals surface area contributed by atoms with Crippen LogP contribution in [0.25, 0.3) is 0 Å². The SMILES string of the molecule is COC(=O)[C@H]1N2C(=O)[C@@H](OCc3ccccc3)[C@@H]2C(C)(C)[C@@]1(C)O. The Morgan fingerprint density at radius 3 is 2.46 bits per heavy atom. The first-order chi connectivity index (χ1) is 11.2. The fourth-order valence-electron chi connectivity index (χ4n) is 3.80. The highest BCUT2D eigenvalue weighted by Gasteiger charge is 2.73. The van der Waals surface area contributed by atoms with Gasteiger partial charge in [-0.15, -0.1) is 0 Å². The van der Waals surface area contributed by atoms with E-state index < -0.39 is 29.1 Å². The Bertz CT molecular complexity index is 655. The van der Waals surface area contributed by atoms with Gasteiger partial charge in [0, 0.05) is 5.41 Å². The molecule has 4 atom stereocenters. The van der Waals surface area contributed by atoms with Crippen LogP contribution in [-0.4, -0.2) is 52.8 Å². The third-order valence-electron chi connectivity index (χ3n) is 5.64. The number of nitrogens with zero attached hydrogens (tertiary/aromatic N) is 1. The minimum atomic E-state index is -1.40. The molecule has 24 heavy (non-hydrogen) atoms. The van der Waals surface area contributed by atoms with Crippen LogP contribution >= 0.6 is 0 Å². The van der Waals surface area contributed by atoms with E-state index in [1.165, 1.54) is 12.0 Å². The van der Waals surface area contributed by atoms with Crippen molar-refractivity contribution in [2.75, 3.05) is 7.11 Å². The average Bonchev–Trinajstić information content (AvgIpc) is 2.69.